The molecular formula is C15H22N4OS. The van der Waals surface area contributed by atoms with Crippen molar-refractivity contribution < 1.29 is 4.79 Å². The topological polar surface area (TPSA) is 59.8 Å². The zero-order chi connectivity index (χ0) is 15.2. The lowest BCUT2D eigenvalue weighted by molar-refractivity contribution is -0.122. The van der Waals surface area contributed by atoms with Gasteiger partial charge < -0.3 is 5.32 Å². The van der Waals surface area contributed by atoms with Crippen molar-refractivity contribution in [1.82, 2.24) is 20.1 Å². The lowest BCUT2D eigenvalue weighted by Gasteiger charge is -2.14. The van der Waals surface area contributed by atoms with Crippen molar-refractivity contribution in [3.63, 3.8) is 0 Å². The largest absolute Gasteiger partial charge is 0.347 e. The van der Waals surface area contributed by atoms with Gasteiger partial charge in [-0.15, -0.1) is 11.3 Å². The van der Waals surface area contributed by atoms with E-state index in [1.165, 1.54) is 4.88 Å². The Morgan fingerprint density at radius 1 is 1.48 bits per heavy atom. The molecule has 21 heavy (non-hydrogen) atoms. The minimum Gasteiger partial charge on any atom is -0.347 e. The van der Waals surface area contributed by atoms with Crippen LogP contribution in [0.2, 0.25) is 0 Å². The molecule has 0 fully saturated rings. The Hall–Kier alpha value is -1.69. The smallest absolute Gasteiger partial charge is 0.220 e. The highest BCUT2D eigenvalue weighted by molar-refractivity contribution is 7.11. The van der Waals surface area contributed by atoms with Crippen molar-refractivity contribution in [2.75, 3.05) is 0 Å². The predicted molar refractivity (Wildman–Crippen MR) is 84.2 cm³/mol. The summed E-state index contributed by atoms with van der Waals surface area (Å²) in [6.07, 6.45) is 5.82. The number of hydrogen-bond acceptors (Lipinski definition) is 4. The van der Waals surface area contributed by atoms with Crippen molar-refractivity contribution in [3.8, 4) is 0 Å². The first-order valence-corrected chi connectivity index (χ1v) is 8.12. The lowest BCUT2D eigenvalue weighted by atomic mass is 10.2. The summed E-state index contributed by atoms with van der Waals surface area (Å²) >= 11 is 1.67. The molecule has 0 spiro atoms. The van der Waals surface area contributed by atoms with E-state index < -0.39 is 0 Å². The Labute approximate surface area is 129 Å². The Kier molecular flexibility index (Phi) is 5.50. The summed E-state index contributed by atoms with van der Waals surface area (Å²) in [7, 11) is 0. The molecule has 0 saturated carbocycles. The highest BCUT2D eigenvalue weighted by Gasteiger charge is 2.17. The minimum absolute atomic E-state index is 0.0274. The van der Waals surface area contributed by atoms with Gasteiger partial charge in [-0.1, -0.05) is 6.92 Å². The summed E-state index contributed by atoms with van der Waals surface area (Å²) in [5, 5.41) is 8.22. The van der Waals surface area contributed by atoms with Crippen LogP contribution in [0.4, 0.5) is 0 Å². The van der Waals surface area contributed by atoms with Gasteiger partial charge in [0, 0.05) is 30.2 Å². The van der Waals surface area contributed by atoms with Crippen LogP contribution in [-0.4, -0.2) is 20.7 Å². The molecule has 1 amide bonds. The van der Waals surface area contributed by atoms with Gasteiger partial charge in [0.05, 0.1) is 11.7 Å². The van der Waals surface area contributed by atoms with Crippen molar-refractivity contribution in [2.45, 2.75) is 52.6 Å². The number of hydrogen-bond donors (Lipinski definition) is 1. The SMILES string of the molecule is CC[C@H](NC(=O)CCCn1cccn1)c1nc(C)c(C)s1. The number of aromatic nitrogens is 3. The van der Waals surface area contributed by atoms with Gasteiger partial charge >= 0.3 is 0 Å². The van der Waals surface area contributed by atoms with Gasteiger partial charge in [0.25, 0.3) is 0 Å². The van der Waals surface area contributed by atoms with E-state index >= 15 is 0 Å². The second kappa shape index (κ2) is 7.36. The third kappa shape index (κ3) is 4.39. The van der Waals surface area contributed by atoms with Crippen LogP contribution in [0, 0.1) is 13.8 Å². The van der Waals surface area contributed by atoms with Gasteiger partial charge in [-0.25, -0.2) is 4.98 Å². The van der Waals surface area contributed by atoms with Crippen LogP contribution in [0.5, 0.6) is 0 Å². The van der Waals surface area contributed by atoms with Crippen LogP contribution >= 0.6 is 11.3 Å². The minimum atomic E-state index is 0.0274. The zero-order valence-corrected chi connectivity index (χ0v) is 13.6. The maximum Gasteiger partial charge on any atom is 0.220 e. The van der Waals surface area contributed by atoms with Crippen LogP contribution in [0.1, 0.15) is 47.8 Å². The molecule has 0 saturated heterocycles. The summed E-state index contributed by atoms with van der Waals surface area (Å²) in [5.41, 5.74) is 1.06. The molecule has 6 heteroatoms. The third-order valence-electron chi connectivity index (χ3n) is 3.44. The number of thiazole rings is 1. The fraction of sp³-hybridized carbons (Fsp3) is 0.533. The van der Waals surface area contributed by atoms with E-state index in [4.69, 9.17) is 0 Å². The molecule has 0 radical (unpaired) electrons. The van der Waals surface area contributed by atoms with Gasteiger partial charge in [-0.05, 0) is 32.8 Å². The molecule has 0 unspecified atom stereocenters. The Bertz CT molecular complexity index is 557. The van der Waals surface area contributed by atoms with E-state index in [0.29, 0.717) is 6.42 Å². The summed E-state index contributed by atoms with van der Waals surface area (Å²) in [5.74, 6) is 0.0829. The normalized spacial score (nSPS) is 12.3. The zero-order valence-electron chi connectivity index (χ0n) is 12.8. The fourth-order valence-corrected chi connectivity index (χ4v) is 3.14. The maximum absolute atomic E-state index is 12.0. The van der Waals surface area contributed by atoms with E-state index in [2.05, 4.69) is 29.2 Å². The lowest BCUT2D eigenvalue weighted by Crippen LogP contribution is -2.28. The molecule has 0 bridgehead atoms. The number of rotatable bonds is 7. The van der Waals surface area contributed by atoms with Gasteiger partial charge in [0.2, 0.25) is 5.91 Å². The maximum atomic E-state index is 12.0. The summed E-state index contributed by atoms with van der Waals surface area (Å²) in [4.78, 5) is 17.8. The molecule has 1 N–H and O–H groups in total. The third-order valence-corrected chi connectivity index (χ3v) is 4.62. The molecule has 2 aromatic heterocycles. The number of nitrogens with zero attached hydrogens (tertiary/aromatic N) is 3. The molecule has 2 heterocycles. The second-order valence-corrected chi connectivity index (χ2v) is 6.33. The van der Waals surface area contributed by atoms with Gasteiger partial charge in [0.15, 0.2) is 0 Å². The Morgan fingerprint density at radius 2 is 2.29 bits per heavy atom. The molecule has 2 rings (SSSR count). The van der Waals surface area contributed by atoms with Crippen LogP contribution in [-0.2, 0) is 11.3 Å². The van der Waals surface area contributed by atoms with E-state index in [-0.39, 0.29) is 11.9 Å². The van der Waals surface area contributed by atoms with E-state index in [1.807, 2.05) is 23.9 Å². The highest BCUT2D eigenvalue weighted by Crippen LogP contribution is 2.24. The van der Waals surface area contributed by atoms with Crippen LogP contribution < -0.4 is 5.32 Å². The van der Waals surface area contributed by atoms with E-state index in [1.54, 1.807) is 17.5 Å². The van der Waals surface area contributed by atoms with E-state index in [9.17, 15) is 4.79 Å². The molecule has 0 aliphatic carbocycles. The standard InChI is InChI=1S/C15H22N4OS/c1-4-13(15-17-11(2)12(3)21-15)18-14(20)7-5-9-19-10-6-8-16-19/h6,8,10,13H,4-5,7,9H2,1-3H3,(H,18,20)/t13-/m0/s1. The van der Waals surface area contributed by atoms with Crippen molar-refractivity contribution >= 4 is 17.2 Å². The summed E-state index contributed by atoms with van der Waals surface area (Å²) in [6.45, 7) is 6.91. The first kappa shape index (κ1) is 15.7. The fourth-order valence-electron chi connectivity index (χ4n) is 2.09. The predicted octanol–water partition coefficient (Wildman–Crippen LogP) is 3.00. The summed E-state index contributed by atoms with van der Waals surface area (Å²) < 4.78 is 1.85. The molecule has 0 aliphatic heterocycles. The van der Waals surface area contributed by atoms with Gasteiger partial charge in [-0.2, -0.15) is 5.10 Å². The number of carbonyl (C=O) groups excluding carboxylic acids is 1. The van der Waals surface area contributed by atoms with Crippen LogP contribution in [0.15, 0.2) is 18.5 Å². The molecule has 0 aromatic carbocycles. The number of carbonyl (C=O) groups is 1. The van der Waals surface area contributed by atoms with Crippen molar-refractivity contribution in [3.05, 3.63) is 34.0 Å². The van der Waals surface area contributed by atoms with Crippen molar-refractivity contribution in [2.24, 2.45) is 0 Å². The van der Waals surface area contributed by atoms with Gasteiger partial charge in [0.1, 0.15) is 5.01 Å². The Morgan fingerprint density at radius 3 is 2.86 bits per heavy atom. The highest BCUT2D eigenvalue weighted by atomic mass is 32.1. The quantitative estimate of drug-likeness (QED) is 0.855. The van der Waals surface area contributed by atoms with Crippen molar-refractivity contribution in [1.29, 1.82) is 0 Å². The summed E-state index contributed by atoms with van der Waals surface area (Å²) in [6, 6.07) is 1.92. The molecule has 0 aliphatic rings. The van der Waals surface area contributed by atoms with Crippen LogP contribution in [0.3, 0.4) is 0 Å². The molecule has 1 atom stereocenters. The average molecular weight is 306 g/mol. The second-order valence-electron chi connectivity index (χ2n) is 5.09. The first-order chi connectivity index (χ1) is 10.1. The first-order valence-electron chi connectivity index (χ1n) is 7.31. The molecule has 5 nitrogen and oxygen atoms in total. The van der Waals surface area contributed by atoms with Crippen LogP contribution in [0.25, 0.3) is 0 Å². The average Bonchev–Trinajstić information content (AvgIpc) is 3.07. The molecular weight excluding hydrogens is 284 g/mol. The molecule has 2 aromatic rings. The number of nitrogens with one attached hydrogen (secondary N) is 1. The van der Waals surface area contributed by atoms with E-state index in [0.717, 1.165) is 30.1 Å². The number of amides is 1. The Balaban J connectivity index is 1.82. The number of aryl methyl sites for hydroxylation is 3. The molecule has 114 valence electrons. The van der Waals surface area contributed by atoms with Gasteiger partial charge in [-0.3, -0.25) is 9.48 Å². The monoisotopic (exact) mass is 306 g/mol.